The van der Waals surface area contributed by atoms with Crippen molar-refractivity contribution >= 4 is 29.9 Å². The highest BCUT2D eigenvalue weighted by molar-refractivity contribution is 14.0. The first-order chi connectivity index (χ1) is 15.6. The summed E-state index contributed by atoms with van der Waals surface area (Å²) >= 11 is 0. The lowest BCUT2D eigenvalue weighted by atomic mass is 10.1. The van der Waals surface area contributed by atoms with Gasteiger partial charge in [-0.3, -0.25) is 0 Å². The zero-order valence-corrected chi connectivity index (χ0v) is 22.1. The fourth-order valence-electron chi connectivity index (χ4n) is 3.36. The third kappa shape index (κ3) is 8.04. The maximum atomic E-state index is 5.62. The first kappa shape index (κ1) is 26.7. The number of guanidine groups is 1. The van der Waals surface area contributed by atoms with Crippen molar-refractivity contribution in [1.29, 1.82) is 0 Å². The van der Waals surface area contributed by atoms with Crippen molar-refractivity contribution in [1.82, 2.24) is 20.4 Å². The Morgan fingerprint density at radius 1 is 1.03 bits per heavy atom. The van der Waals surface area contributed by atoms with E-state index in [4.69, 9.17) is 14.5 Å². The number of benzene rings is 2. The number of nitrogens with zero attached hydrogens (tertiary/aromatic N) is 3. The molecule has 3 aromatic rings. The van der Waals surface area contributed by atoms with Crippen molar-refractivity contribution in [3.05, 3.63) is 77.1 Å². The number of halogens is 1. The second kappa shape index (κ2) is 13.8. The van der Waals surface area contributed by atoms with Crippen LogP contribution >= 0.6 is 24.0 Å². The van der Waals surface area contributed by atoms with Crippen LogP contribution in [0, 0.1) is 13.8 Å². The quantitative estimate of drug-likeness (QED) is 0.166. The van der Waals surface area contributed by atoms with E-state index >= 15 is 0 Å². The highest BCUT2D eigenvalue weighted by Crippen LogP contribution is 2.17. The Labute approximate surface area is 213 Å². The van der Waals surface area contributed by atoms with E-state index in [0.717, 1.165) is 46.5 Å². The Bertz CT molecular complexity index is 1020. The van der Waals surface area contributed by atoms with E-state index in [1.54, 1.807) is 7.11 Å². The molecule has 3 rings (SSSR count). The van der Waals surface area contributed by atoms with Crippen molar-refractivity contribution < 1.29 is 9.47 Å². The van der Waals surface area contributed by atoms with E-state index in [1.807, 2.05) is 48.0 Å². The normalized spacial score (nSPS) is 11.1. The van der Waals surface area contributed by atoms with Crippen LogP contribution in [0.15, 0.2) is 59.6 Å². The Balaban J connectivity index is 0.00000385. The van der Waals surface area contributed by atoms with Gasteiger partial charge < -0.3 is 20.1 Å². The van der Waals surface area contributed by atoms with Crippen LogP contribution in [-0.2, 0) is 17.8 Å². The monoisotopic (exact) mass is 563 g/mol. The number of hydrogen-bond donors (Lipinski definition) is 2. The van der Waals surface area contributed by atoms with Crippen molar-refractivity contribution in [2.45, 2.75) is 33.9 Å². The Morgan fingerprint density at radius 3 is 2.45 bits per heavy atom. The van der Waals surface area contributed by atoms with Gasteiger partial charge in [-0.05, 0) is 56.2 Å². The van der Waals surface area contributed by atoms with E-state index in [-0.39, 0.29) is 24.0 Å². The summed E-state index contributed by atoms with van der Waals surface area (Å²) in [6.45, 7) is 9.28. The zero-order valence-electron chi connectivity index (χ0n) is 19.8. The van der Waals surface area contributed by atoms with Crippen LogP contribution in [0.2, 0.25) is 0 Å². The van der Waals surface area contributed by atoms with Gasteiger partial charge in [0.25, 0.3) is 0 Å². The second-order valence-electron chi connectivity index (χ2n) is 7.50. The number of aliphatic imine (C=N–C) groups is 1. The summed E-state index contributed by atoms with van der Waals surface area (Å²) in [7, 11) is 1.67. The van der Waals surface area contributed by atoms with Gasteiger partial charge in [0.1, 0.15) is 12.4 Å². The van der Waals surface area contributed by atoms with Crippen LogP contribution in [0.1, 0.15) is 29.4 Å². The van der Waals surface area contributed by atoms with E-state index in [1.165, 1.54) is 0 Å². The van der Waals surface area contributed by atoms with Crippen LogP contribution in [0.5, 0.6) is 5.75 Å². The Kier molecular flexibility index (Phi) is 11.2. The highest BCUT2D eigenvalue weighted by atomic mass is 127. The molecule has 0 saturated carbocycles. The number of para-hydroxylation sites is 1. The molecule has 2 aromatic carbocycles. The first-order valence-electron chi connectivity index (χ1n) is 10.9. The standard InChI is InChI=1S/C25H33N5O2.HI/c1-5-26-25(27-17-21-10-12-23(13-11-21)32-15-14-31-4)28-18-22-8-6-7-9-24(22)30-20(3)16-19(2)29-30;/h6-13,16H,5,14-15,17-18H2,1-4H3,(H2,26,27,28);1H. The Morgan fingerprint density at radius 2 is 1.79 bits per heavy atom. The number of nitrogens with one attached hydrogen (secondary N) is 2. The summed E-state index contributed by atoms with van der Waals surface area (Å²) in [6, 6.07) is 18.4. The average molecular weight is 563 g/mol. The van der Waals surface area contributed by atoms with Crippen LogP contribution in [0.4, 0.5) is 0 Å². The molecule has 2 N–H and O–H groups in total. The molecule has 0 saturated heterocycles. The lowest BCUT2D eigenvalue weighted by molar-refractivity contribution is 0.146. The molecule has 7 nitrogen and oxygen atoms in total. The van der Waals surface area contributed by atoms with Gasteiger partial charge in [-0.2, -0.15) is 5.10 Å². The van der Waals surface area contributed by atoms with E-state index in [2.05, 4.69) is 47.8 Å². The van der Waals surface area contributed by atoms with Gasteiger partial charge in [0.15, 0.2) is 5.96 Å². The fraction of sp³-hybridized carbons (Fsp3) is 0.360. The van der Waals surface area contributed by atoms with Crippen molar-refractivity contribution in [3.8, 4) is 11.4 Å². The molecule has 0 radical (unpaired) electrons. The minimum atomic E-state index is 0. The molecule has 0 atom stereocenters. The predicted octanol–water partition coefficient (Wildman–Crippen LogP) is 4.39. The third-order valence-electron chi connectivity index (χ3n) is 4.92. The molecule has 0 fully saturated rings. The van der Waals surface area contributed by atoms with Crippen molar-refractivity contribution in [2.24, 2.45) is 4.99 Å². The van der Waals surface area contributed by atoms with Gasteiger partial charge in [-0.1, -0.05) is 30.3 Å². The SMILES string of the molecule is CCNC(=NCc1ccc(OCCOC)cc1)NCc1ccccc1-n1nc(C)cc1C.I. The van der Waals surface area contributed by atoms with Gasteiger partial charge in [0.05, 0.1) is 24.5 Å². The molecular formula is C25H34IN5O2. The molecule has 0 unspecified atom stereocenters. The van der Waals surface area contributed by atoms with Crippen LogP contribution in [-0.4, -0.2) is 42.6 Å². The summed E-state index contributed by atoms with van der Waals surface area (Å²) in [6.07, 6.45) is 0. The van der Waals surface area contributed by atoms with E-state index < -0.39 is 0 Å². The van der Waals surface area contributed by atoms with E-state index in [9.17, 15) is 0 Å². The van der Waals surface area contributed by atoms with Crippen LogP contribution in [0.3, 0.4) is 0 Å². The lowest BCUT2D eigenvalue weighted by Gasteiger charge is -2.15. The molecule has 8 heteroatoms. The fourth-order valence-corrected chi connectivity index (χ4v) is 3.36. The topological polar surface area (TPSA) is 72.7 Å². The summed E-state index contributed by atoms with van der Waals surface area (Å²) in [5.41, 5.74) is 5.47. The number of ether oxygens (including phenoxy) is 2. The molecule has 1 aromatic heterocycles. The van der Waals surface area contributed by atoms with Crippen LogP contribution in [0.25, 0.3) is 5.69 Å². The number of methoxy groups -OCH3 is 1. The number of rotatable bonds is 10. The molecule has 178 valence electrons. The maximum Gasteiger partial charge on any atom is 0.191 e. The van der Waals surface area contributed by atoms with Gasteiger partial charge in [-0.25, -0.2) is 9.67 Å². The molecule has 0 amide bonds. The smallest absolute Gasteiger partial charge is 0.191 e. The molecule has 33 heavy (non-hydrogen) atoms. The molecule has 1 heterocycles. The average Bonchev–Trinajstić information content (AvgIpc) is 3.14. The highest BCUT2D eigenvalue weighted by Gasteiger charge is 2.09. The van der Waals surface area contributed by atoms with Gasteiger partial charge in [0, 0.05) is 25.9 Å². The molecule has 0 aliphatic carbocycles. The van der Waals surface area contributed by atoms with E-state index in [0.29, 0.717) is 26.3 Å². The number of aromatic nitrogens is 2. The zero-order chi connectivity index (χ0) is 22.8. The molecule has 0 aliphatic rings. The van der Waals surface area contributed by atoms with Crippen LogP contribution < -0.4 is 15.4 Å². The molecule has 0 spiro atoms. The largest absolute Gasteiger partial charge is 0.491 e. The van der Waals surface area contributed by atoms with Gasteiger partial charge >= 0.3 is 0 Å². The molecular weight excluding hydrogens is 529 g/mol. The summed E-state index contributed by atoms with van der Waals surface area (Å²) in [5, 5.41) is 11.4. The number of hydrogen-bond acceptors (Lipinski definition) is 4. The first-order valence-corrected chi connectivity index (χ1v) is 10.9. The minimum absolute atomic E-state index is 0. The predicted molar refractivity (Wildman–Crippen MR) is 144 cm³/mol. The molecule has 0 bridgehead atoms. The van der Waals surface area contributed by atoms with Gasteiger partial charge in [0.2, 0.25) is 0 Å². The Hall–Kier alpha value is -2.59. The third-order valence-corrected chi connectivity index (χ3v) is 4.92. The second-order valence-corrected chi connectivity index (χ2v) is 7.50. The maximum absolute atomic E-state index is 5.62. The minimum Gasteiger partial charge on any atom is -0.491 e. The summed E-state index contributed by atoms with van der Waals surface area (Å²) in [5.74, 6) is 1.61. The van der Waals surface area contributed by atoms with Crippen molar-refractivity contribution in [2.75, 3.05) is 26.9 Å². The molecule has 0 aliphatic heterocycles. The summed E-state index contributed by atoms with van der Waals surface area (Å²) in [4.78, 5) is 4.74. The lowest BCUT2D eigenvalue weighted by Crippen LogP contribution is -2.37. The van der Waals surface area contributed by atoms with Crippen molar-refractivity contribution in [3.63, 3.8) is 0 Å². The number of aryl methyl sites for hydroxylation is 2. The summed E-state index contributed by atoms with van der Waals surface area (Å²) < 4.78 is 12.6. The van der Waals surface area contributed by atoms with Gasteiger partial charge in [-0.15, -0.1) is 24.0 Å².